The first-order valence-corrected chi connectivity index (χ1v) is 8.82. The molecule has 0 N–H and O–H groups in total. The Balaban J connectivity index is 2.84. The first-order valence-electron chi connectivity index (χ1n) is 8.03. The Morgan fingerprint density at radius 3 is 2.40 bits per heavy atom. The summed E-state index contributed by atoms with van der Waals surface area (Å²) in [6, 6.07) is 0.573. The maximum atomic E-state index is 4.70. The molecule has 0 amide bonds. The van der Waals surface area contributed by atoms with Gasteiger partial charge in [-0.2, -0.15) is 5.10 Å². The largest absolute Gasteiger partial charge is 0.295 e. The predicted octanol–water partition coefficient (Wildman–Crippen LogP) is 4.63. The van der Waals surface area contributed by atoms with E-state index in [1.54, 1.807) is 0 Å². The van der Waals surface area contributed by atoms with Crippen LogP contribution in [0.3, 0.4) is 0 Å². The van der Waals surface area contributed by atoms with Crippen LogP contribution < -0.4 is 0 Å². The number of unbranched alkanes of at least 4 members (excludes halogenated alkanes) is 2. The van der Waals surface area contributed by atoms with Crippen molar-refractivity contribution in [2.24, 2.45) is 0 Å². The van der Waals surface area contributed by atoms with Crippen LogP contribution in [0.5, 0.6) is 0 Å². The van der Waals surface area contributed by atoms with Crippen LogP contribution in [0, 0.1) is 0 Å². The van der Waals surface area contributed by atoms with Gasteiger partial charge in [-0.15, -0.1) is 0 Å². The SMILES string of the molecule is CCCCCN(Cc1c(Br)c(CC)nn1CC)C(C)C. The van der Waals surface area contributed by atoms with E-state index in [0.717, 1.165) is 19.5 Å². The Morgan fingerprint density at radius 1 is 1.20 bits per heavy atom. The summed E-state index contributed by atoms with van der Waals surface area (Å²) >= 11 is 3.75. The predicted molar refractivity (Wildman–Crippen MR) is 90.1 cm³/mol. The molecule has 0 spiro atoms. The van der Waals surface area contributed by atoms with E-state index in [-0.39, 0.29) is 0 Å². The zero-order valence-corrected chi connectivity index (χ0v) is 15.3. The third kappa shape index (κ3) is 4.59. The number of hydrogen-bond donors (Lipinski definition) is 0. The number of aromatic nitrogens is 2. The summed E-state index contributed by atoms with van der Waals surface area (Å²) in [5, 5.41) is 4.70. The van der Waals surface area contributed by atoms with E-state index in [9.17, 15) is 0 Å². The molecule has 0 unspecified atom stereocenters. The topological polar surface area (TPSA) is 21.1 Å². The lowest BCUT2D eigenvalue weighted by atomic mass is 10.2. The van der Waals surface area contributed by atoms with E-state index in [1.807, 2.05) is 0 Å². The normalized spacial score (nSPS) is 11.8. The second-order valence-electron chi connectivity index (χ2n) is 5.65. The highest BCUT2D eigenvalue weighted by Gasteiger charge is 2.18. The lowest BCUT2D eigenvalue weighted by molar-refractivity contribution is 0.202. The van der Waals surface area contributed by atoms with Crippen LogP contribution in [0.15, 0.2) is 4.47 Å². The van der Waals surface area contributed by atoms with Crippen molar-refractivity contribution in [2.45, 2.75) is 79.4 Å². The van der Waals surface area contributed by atoms with Gasteiger partial charge in [-0.3, -0.25) is 9.58 Å². The van der Waals surface area contributed by atoms with Crippen molar-refractivity contribution < 1.29 is 0 Å². The van der Waals surface area contributed by atoms with E-state index < -0.39 is 0 Å². The summed E-state index contributed by atoms with van der Waals surface area (Å²) in [5.41, 5.74) is 2.51. The quantitative estimate of drug-likeness (QED) is 0.609. The van der Waals surface area contributed by atoms with Crippen molar-refractivity contribution in [1.82, 2.24) is 14.7 Å². The van der Waals surface area contributed by atoms with Crippen LogP contribution in [0.4, 0.5) is 0 Å². The molecular formula is C16H30BrN3. The molecule has 0 aliphatic heterocycles. The van der Waals surface area contributed by atoms with Gasteiger partial charge < -0.3 is 0 Å². The molecule has 116 valence electrons. The van der Waals surface area contributed by atoms with Crippen molar-refractivity contribution >= 4 is 15.9 Å². The molecule has 20 heavy (non-hydrogen) atoms. The Hall–Kier alpha value is -0.350. The standard InChI is InChI=1S/C16H30BrN3/c1-6-9-10-11-19(13(4)5)12-15-16(17)14(7-2)18-20(15)8-3/h13H,6-12H2,1-5H3. The maximum Gasteiger partial charge on any atom is 0.0767 e. The zero-order chi connectivity index (χ0) is 15.1. The van der Waals surface area contributed by atoms with Crippen LogP contribution in [-0.4, -0.2) is 27.3 Å². The average Bonchev–Trinajstić information content (AvgIpc) is 2.73. The lowest BCUT2D eigenvalue weighted by Crippen LogP contribution is -2.32. The lowest BCUT2D eigenvalue weighted by Gasteiger charge is -2.26. The number of hydrogen-bond acceptors (Lipinski definition) is 2. The summed E-state index contributed by atoms with van der Waals surface area (Å²) in [6.07, 6.45) is 4.87. The molecule has 0 radical (unpaired) electrons. The number of halogens is 1. The third-order valence-electron chi connectivity index (χ3n) is 3.83. The first-order chi connectivity index (χ1) is 9.54. The van der Waals surface area contributed by atoms with Crippen molar-refractivity contribution in [3.05, 3.63) is 15.9 Å². The molecule has 0 fully saturated rings. The van der Waals surface area contributed by atoms with Crippen LogP contribution in [0.25, 0.3) is 0 Å². The minimum absolute atomic E-state index is 0.573. The van der Waals surface area contributed by atoms with Gasteiger partial charge in [-0.1, -0.05) is 26.7 Å². The average molecular weight is 344 g/mol. The second-order valence-corrected chi connectivity index (χ2v) is 6.44. The summed E-state index contributed by atoms with van der Waals surface area (Å²) in [6.45, 7) is 14.3. The molecular weight excluding hydrogens is 314 g/mol. The first kappa shape index (κ1) is 17.7. The van der Waals surface area contributed by atoms with Gasteiger partial charge in [0, 0.05) is 19.1 Å². The van der Waals surface area contributed by atoms with Gasteiger partial charge in [0.2, 0.25) is 0 Å². The van der Waals surface area contributed by atoms with E-state index >= 15 is 0 Å². The zero-order valence-electron chi connectivity index (χ0n) is 13.7. The number of aryl methyl sites for hydroxylation is 2. The van der Waals surface area contributed by atoms with Crippen molar-refractivity contribution in [3.8, 4) is 0 Å². The third-order valence-corrected chi connectivity index (χ3v) is 4.74. The molecule has 1 heterocycles. The molecule has 1 aromatic heterocycles. The van der Waals surface area contributed by atoms with Gasteiger partial charge in [0.05, 0.1) is 15.9 Å². The molecule has 0 aliphatic rings. The fourth-order valence-electron chi connectivity index (χ4n) is 2.45. The molecule has 0 aromatic carbocycles. The number of rotatable bonds is 9. The fourth-order valence-corrected chi connectivity index (χ4v) is 3.14. The Bertz CT molecular complexity index is 399. The smallest absolute Gasteiger partial charge is 0.0767 e. The highest BCUT2D eigenvalue weighted by molar-refractivity contribution is 9.10. The highest BCUT2D eigenvalue weighted by atomic mass is 79.9. The molecule has 0 saturated carbocycles. The van der Waals surface area contributed by atoms with Gasteiger partial charge in [0.1, 0.15) is 0 Å². The van der Waals surface area contributed by atoms with E-state index in [2.05, 4.69) is 60.1 Å². The molecule has 0 atom stereocenters. The Kier molecular flexibility index (Phi) is 7.82. The maximum absolute atomic E-state index is 4.70. The summed E-state index contributed by atoms with van der Waals surface area (Å²) < 4.78 is 3.36. The minimum atomic E-state index is 0.573. The van der Waals surface area contributed by atoms with Gasteiger partial charge in [0.15, 0.2) is 0 Å². The van der Waals surface area contributed by atoms with E-state index in [0.29, 0.717) is 6.04 Å². The molecule has 0 aliphatic carbocycles. The van der Waals surface area contributed by atoms with Crippen LogP contribution in [0.1, 0.15) is 65.3 Å². The highest BCUT2D eigenvalue weighted by Crippen LogP contribution is 2.24. The molecule has 0 bridgehead atoms. The summed E-state index contributed by atoms with van der Waals surface area (Å²) in [7, 11) is 0. The molecule has 3 nitrogen and oxygen atoms in total. The monoisotopic (exact) mass is 343 g/mol. The van der Waals surface area contributed by atoms with Gasteiger partial charge in [-0.05, 0) is 56.1 Å². The molecule has 4 heteroatoms. The Morgan fingerprint density at radius 2 is 1.90 bits per heavy atom. The second kappa shape index (κ2) is 8.83. The van der Waals surface area contributed by atoms with Crippen molar-refractivity contribution in [2.75, 3.05) is 6.54 Å². The number of nitrogens with zero attached hydrogens (tertiary/aromatic N) is 3. The Labute approximate surface area is 132 Å². The van der Waals surface area contributed by atoms with Gasteiger partial charge in [0.25, 0.3) is 0 Å². The minimum Gasteiger partial charge on any atom is -0.295 e. The van der Waals surface area contributed by atoms with Crippen LogP contribution in [-0.2, 0) is 19.5 Å². The van der Waals surface area contributed by atoms with Crippen LogP contribution in [0.2, 0.25) is 0 Å². The van der Waals surface area contributed by atoms with E-state index in [4.69, 9.17) is 5.10 Å². The summed E-state index contributed by atoms with van der Waals surface area (Å²) in [5.74, 6) is 0. The van der Waals surface area contributed by atoms with Crippen molar-refractivity contribution in [1.29, 1.82) is 0 Å². The van der Waals surface area contributed by atoms with E-state index in [1.165, 1.54) is 41.7 Å². The van der Waals surface area contributed by atoms with Crippen molar-refractivity contribution in [3.63, 3.8) is 0 Å². The summed E-state index contributed by atoms with van der Waals surface area (Å²) in [4.78, 5) is 2.56. The molecule has 1 aromatic rings. The van der Waals surface area contributed by atoms with Crippen LogP contribution >= 0.6 is 15.9 Å². The fraction of sp³-hybridized carbons (Fsp3) is 0.812. The van der Waals surface area contributed by atoms with Gasteiger partial charge >= 0.3 is 0 Å². The molecule has 0 saturated heterocycles. The molecule has 1 rings (SSSR count). The van der Waals surface area contributed by atoms with Gasteiger partial charge in [-0.25, -0.2) is 0 Å².